The summed E-state index contributed by atoms with van der Waals surface area (Å²) < 4.78 is 16.3. The lowest BCUT2D eigenvalue weighted by atomic mass is 10.0. The van der Waals surface area contributed by atoms with Gasteiger partial charge in [0, 0.05) is 5.56 Å². The molecule has 0 bridgehead atoms. The van der Waals surface area contributed by atoms with E-state index in [-0.39, 0.29) is 26.2 Å². The van der Waals surface area contributed by atoms with Crippen LogP contribution in [-0.4, -0.2) is 42.3 Å². The molecule has 1 atom stereocenters. The fourth-order valence-electron chi connectivity index (χ4n) is 2.71. The van der Waals surface area contributed by atoms with E-state index in [1.807, 2.05) is 0 Å². The SMILES string of the molecule is CCOC(=O)CC1c2cccc(N)c2OCCN1C(=O)OC(C)(C)C. The Kier molecular flexibility index (Phi) is 5.77. The van der Waals surface area contributed by atoms with Crippen LogP contribution in [0.25, 0.3) is 0 Å². The minimum absolute atomic E-state index is 0.00684. The number of benzene rings is 1. The van der Waals surface area contributed by atoms with Crippen molar-refractivity contribution in [3.05, 3.63) is 23.8 Å². The maximum atomic E-state index is 12.7. The van der Waals surface area contributed by atoms with Gasteiger partial charge in [0.25, 0.3) is 0 Å². The minimum Gasteiger partial charge on any atom is -0.489 e. The number of rotatable bonds is 3. The van der Waals surface area contributed by atoms with Gasteiger partial charge in [0.05, 0.1) is 31.3 Å². The van der Waals surface area contributed by atoms with Crippen molar-refractivity contribution in [2.45, 2.75) is 45.8 Å². The van der Waals surface area contributed by atoms with Crippen molar-refractivity contribution < 1.29 is 23.8 Å². The number of carbonyl (C=O) groups excluding carboxylic acids is 2. The Labute approximate surface area is 148 Å². The summed E-state index contributed by atoms with van der Waals surface area (Å²) in [4.78, 5) is 26.3. The molecule has 0 saturated heterocycles. The first kappa shape index (κ1) is 18.9. The summed E-state index contributed by atoms with van der Waals surface area (Å²) in [6.45, 7) is 7.96. The quantitative estimate of drug-likeness (QED) is 0.666. The molecule has 0 radical (unpaired) electrons. The van der Waals surface area contributed by atoms with E-state index in [0.717, 1.165) is 0 Å². The molecule has 2 rings (SSSR count). The van der Waals surface area contributed by atoms with Crippen LogP contribution < -0.4 is 10.5 Å². The topological polar surface area (TPSA) is 91.1 Å². The fourth-order valence-corrected chi connectivity index (χ4v) is 2.71. The van der Waals surface area contributed by atoms with E-state index in [4.69, 9.17) is 19.9 Å². The van der Waals surface area contributed by atoms with E-state index >= 15 is 0 Å². The standard InChI is InChI=1S/C18H26N2O5/c1-5-23-15(21)11-14-12-7-6-8-13(19)16(12)24-10-9-20(14)17(22)25-18(2,3)4/h6-8,14H,5,9-11,19H2,1-4H3. The first-order chi connectivity index (χ1) is 11.7. The average molecular weight is 350 g/mol. The maximum absolute atomic E-state index is 12.7. The van der Waals surface area contributed by atoms with Crippen LogP contribution in [-0.2, 0) is 14.3 Å². The summed E-state index contributed by atoms with van der Waals surface area (Å²) >= 11 is 0. The van der Waals surface area contributed by atoms with E-state index in [2.05, 4.69) is 0 Å². The predicted octanol–water partition coefficient (Wildman–Crippen LogP) is 2.89. The molecule has 0 aliphatic carbocycles. The number of esters is 1. The number of nitrogen functional groups attached to an aromatic ring is 1. The highest BCUT2D eigenvalue weighted by Gasteiger charge is 2.35. The number of nitrogens with zero attached hydrogens (tertiary/aromatic N) is 1. The molecule has 1 aliphatic heterocycles. The van der Waals surface area contributed by atoms with Crippen molar-refractivity contribution in [2.75, 3.05) is 25.5 Å². The first-order valence-electron chi connectivity index (χ1n) is 8.39. The Balaban J connectivity index is 2.39. The van der Waals surface area contributed by atoms with Crippen LogP contribution in [0.5, 0.6) is 5.75 Å². The van der Waals surface area contributed by atoms with Gasteiger partial charge in [-0.05, 0) is 33.8 Å². The fraction of sp³-hybridized carbons (Fsp3) is 0.556. The van der Waals surface area contributed by atoms with Crippen LogP contribution in [0.2, 0.25) is 0 Å². The molecule has 1 amide bonds. The summed E-state index contributed by atoms with van der Waals surface area (Å²) in [6.07, 6.45) is -0.493. The third-order valence-electron chi connectivity index (χ3n) is 3.68. The van der Waals surface area contributed by atoms with Crippen LogP contribution in [0.3, 0.4) is 0 Å². The zero-order valence-electron chi connectivity index (χ0n) is 15.2. The molecule has 7 nitrogen and oxygen atoms in total. The van der Waals surface area contributed by atoms with Gasteiger partial charge in [-0.25, -0.2) is 4.79 Å². The van der Waals surface area contributed by atoms with Gasteiger partial charge in [0.2, 0.25) is 0 Å². The van der Waals surface area contributed by atoms with Gasteiger partial charge in [0.15, 0.2) is 0 Å². The molecule has 1 aromatic carbocycles. The highest BCUT2D eigenvalue weighted by atomic mass is 16.6. The number of hydrogen-bond donors (Lipinski definition) is 1. The van der Waals surface area contributed by atoms with Crippen LogP contribution in [0.1, 0.15) is 45.7 Å². The molecule has 0 saturated carbocycles. The Hall–Kier alpha value is -2.44. The van der Waals surface area contributed by atoms with Crippen LogP contribution in [0.15, 0.2) is 18.2 Å². The van der Waals surface area contributed by atoms with Crippen molar-refractivity contribution in [3.63, 3.8) is 0 Å². The van der Waals surface area contributed by atoms with Gasteiger partial charge in [-0.3, -0.25) is 9.69 Å². The monoisotopic (exact) mass is 350 g/mol. The van der Waals surface area contributed by atoms with Crippen molar-refractivity contribution in [3.8, 4) is 5.75 Å². The van der Waals surface area contributed by atoms with E-state index in [1.165, 1.54) is 4.90 Å². The Morgan fingerprint density at radius 1 is 1.36 bits per heavy atom. The van der Waals surface area contributed by atoms with Crippen LogP contribution in [0, 0.1) is 0 Å². The van der Waals surface area contributed by atoms with Gasteiger partial charge in [0.1, 0.15) is 18.0 Å². The van der Waals surface area contributed by atoms with Crippen molar-refractivity contribution in [1.82, 2.24) is 4.90 Å². The van der Waals surface area contributed by atoms with E-state index in [0.29, 0.717) is 17.0 Å². The van der Waals surface area contributed by atoms with Gasteiger partial charge in [-0.2, -0.15) is 0 Å². The highest BCUT2D eigenvalue weighted by Crippen LogP contribution is 2.38. The van der Waals surface area contributed by atoms with Crippen molar-refractivity contribution >= 4 is 17.7 Å². The van der Waals surface area contributed by atoms with Gasteiger partial charge < -0.3 is 19.9 Å². The van der Waals surface area contributed by atoms with E-state index in [1.54, 1.807) is 45.9 Å². The smallest absolute Gasteiger partial charge is 0.410 e. The lowest BCUT2D eigenvalue weighted by Gasteiger charge is -2.31. The molecule has 7 heteroatoms. The summed E-state index contributed by atoms with van der Waals surface area (Å²) in [5.41, 5.74) is 6.52. The second-order valence-electron chi connectivity index (χ2n) is 6.81. The Morgan fingerprint density at radius 3 is 2.72 bits per heavy atom. The zero-order chi connectivity index (χ0) is 18.6. The third-order valence-corrected chi connectivity index (χ3v) is 3.68. The lowest BCUT2D eigenvalue weighted by Crippen LogP contribution is -2.41. The molecule has 1 aliphatic rings. The molecular weight excluding hydrogens is 324 g/mol. The van der Waals surface area contributed by atoms with E-state index in [9.17, 15) is 9.59 Å². The molecular formula is C18H26N2O5. The van der Waals surface area contributed by atoms with Gasteiger partial charge >= 0.3 is 12.1 Å². The predicted molar refractivity (Wildman–Crippen MR) is 93.3 cm³/mol. The summed E-state index contributed by atoms with van der Waals surface area (Å²) in [5.74, 6) is 0.110. The number of ether oxygens (including phenoxy) is 3. The van der Waals surface area contributed by atoms with Crippen molar-refractivity contribution in [2.24, 2.45) is 0 Å². The summed E-state index contributed by atoms with van der Waals surface area (Å²) in [6, 6.07) is 4.74. The number of amides is 1. The molecule has 0 aromatic heterocycles. The Bertz CT molecular complexity index is 639. The average Bonchev–Trinajstić information content (AvgIpc) is 2.67. The lowest BCUT2D eigenvalue weighted by molar-refractivity contribution is -0.144. The molecule has 1 heterocycles. The molecule has 0 spiro atoms. The van der Waals surface area contributed by atoms with Crippen LogP contribution >= 0.6 is 0 Å². The number of nitrogens with two attached hydrogens (primary N) is 1. The second-order valence-corrected chi connectivity index (χ2v) is 6.81. The zero-order valence-corrected chi connectivity index (χ0v) is 15.2. The highest BCUT2D eigenvalue weighted by molar-refractivity contribution is 5.75. The van der Waals surface area contributed by atoms with Crippen molar-refractivity contribution in [1.29, 1.82) is 0 Å². The number of para-hydroxylation sites is 1. The number of fused-ring (bicyclic) bond motifs is 1. The normalized spacial score (nSPS) is 17.1. The first-order valence-corrected chi connectivity index (χ1v) is 8.39. The van der Waals surface area contributed by atoms with Gasteiger partial charge in [-0.1, -0.05) is 12.1 Å². The number of hydrogen-bond acceptors (Lipinski definition) is 6. The number of anilines is 1. The molecule has 138 valence electrons. The minimum atomic E-state index is -0.642. The second kappa shape index (κ2) is 7.63. The van der Waals surface area contributed by atoms with E-state index < -0.39 is 23.7 Å². The summed E-state index contributed by atoms with van der Waals surface area (Å²) in [5, 5.41) is 0. The molecule has 1 aromatic rings. The van der Waals surface area contributed by atoms with Gasteiger partial charge in [-0.15, -0.1) is 0 Å². The Morgan fingerprint density at radius 2 is 2.08 bits per heavy atom. The maximum Gasteiger partial charge on any atom is 0.410 e. The molecule has 0 fully saturated rings. The molecule has 25 heavy (non-hydrogen) atoms. The summed E-state index contributed by atoms with van der Waals surface area (Å²) in [7, 11) is 0. The number of carbonyl (C=O) groups is 2. The molecule has 1 unspecified atom stereocenters. The van der Waals surface area contributed by atoms with Crippen LogP contribution in [0.4, 0.5) is 10.5 Å². The molecule has 2 N–H and O–H groups in total. The largest absolute Gasteiger partial charge is 0.489 e. The third kappa shape index (κ3) is 4.78.